The Hall–Kier alpha value is -3.76. The van der Waals surface area contributed by atoms with Gasteiger partial charge in [-0.2, -0.15) is 0 Å². The van der Waals surface area contributed by atoms with Crippen molar-refractivity contribution in [3.05, 3.63) is 71.8 Å². The third kappa shape index (κ3) is 13.9. The summed E-state index contributed by atoms with van der Waals surface area (Å²) in [7, 11) is 0. The molecule has 0 bridgehead atoms. The minimum absolute atomic E-state index is 0.0195. The van der Waals surface area contributed by atoms with Gasteiger partial charge in [0, 0.05) is 18.9 Å². The minimum Gasteiger partial charge on any atom is -0.445 e. The predicted octanol–water partition coefficient (Wildman–Crippen LogP) is 5.06. The minimum atomic E-state index is -1.42. The summed E-state index contributed by atoms with van der Waals surface area (Å²) in [5.41, 5.74) is 7.94. The van der Waals surface area contributed by atoms with Crippen molar-refractivity contribution in [2.45, 2.75) is 116 Å². The number of rotatable bonds is 19. The van der Waals surface area contributed by atoms with Crippen molar-refractivity contribution in [1.82, 2.24) is 16.0 Å². The van der Waals surface area contributed by atoms with Gasteiger partial charge in [-0.15, -0.1) is 0 Å². The molecule has 2 aromatic carbocycles. The quantitative estimate of drug-likeness (QED) is 0.139. The van der Waals surface area contributed by atoms with Crippen molar-refractivity contribution >= 4 is 23.7 Å². The van der Waals surface area contributed by atoms with Gasteiger partial charge in [0.05, 0.1) is 12.1 Å². The molecule has 3 amide bonds. The van der Waals surface area contributed by atoms with Gasteiger partial charge in [0.1, 0.15) is 18.7 Å². The topological polar surface area (TPSA) is 160 Å². The van der Waals surface area contributed by atoms with Crippen LogP contribution in [-0.4, -0.2) is 59.6 Å². The second kappa shape index (κ2) is 20.7. The molecule has 3 rings (SSSR count). The summed E-state index contributed by atoms with van der Waals surface area (Å²) in [6.07, 6.45) is 4.53. The molecule has 1 fully saturated rings. The maximum atomic E-state index is 14.4. The zero-order chi connectivity index (χ0) is 35.8. The van der Waals surface area contributed by atoms with E-state index in [2.05, 4.69) is 29.8 Å². The van der Waals surface area contributed by atoms with E-state index in [0.717, 1.165) is 49.7 Å². The highest BCUT2D eigenvalue weighted by Gasteiger charge is 2.40. The number of carbonyl (C=O) groups is 4. The Morgan fingerprint density at radius 2 is 1.43 bits per heavy atom. The van der Waals surface area contributed by atoms with E-state index in [-0.39, 0.29) is 30.6 Å². The first-order valence-corrected chi connectivity index (χ1v) is 18.0. The second-order valence-electron chi connectivity index (χ2n) is 14.4. The number of nitrogens with two attached hydrogens (primary N) is 1. The summed E-state index contributed by atoms with van der Waals surface area (Å²) in [5, 5.41) is 20.0. The van der Waals surface area contributed by atoms with Gasteiger partial charge >= 0.3 is 6.09 Å². The normalized spacial score (nSPS) is 16.7. The Labute approximate surface area is 292 Å². The van der Waals surface area contributed by atoms with Crippen LogP contribution in [0.1, 0.15) is 90.2 Å². The van der Waals surface area contributed by atoms with Crippen LogP contribution in [0, 0.1) is 23.7 Å². The lowest BCUT2D eigenvalue weighted by atomic mass is 9.76. The molecular weight excluding hydrogens is 620 g/mol. The van der Waals surface area contributed by atoms with Crippen LogP contribution in [0.2, 0.25) is 0 Å². The third-order valence-electron chi connectivity index (χ3n) is 9.25. The van der Waals surface area contributed by atoms with Crippen LogP contribution in [0.3, 0.4) is 0 Å². The summed E-state index contributed by atoms with van der Waals surface area (Å²) >= 11 is 0. The zero-order valence-electron chi connectivity index (χ0n) is 29.7. The number of ether oxygens (including phenoxy) is 1. The Morgan fingerprint density at radius 1 is 0.816 bits per heavy atom. The van der Waals surface area contributed by atoms with Gasteiger partial charge in [0.15, 0.2) is 5.78 Å². The van der Waals surface area contributed by atoms with Gasteiger partial charge in [-0.25, -0.2) is 4.79 Å². The van der Waals surface area contributed by atoms with Crippen LogP contribution in [0.4, 0.5) is 4.79 Å². The number of nitrogens with one attached hydrogen (secondary N) is 3. The highest BCUT2D eigenvalue weighted by molar-refractivity contribution is 5.94. The van der Waals surface area contributed by atoms with E-state index in [1.54, 1.807) is 0 Å². The first-order chi connectivity index (χ1) is 23.4. The smallest absolute Gasteiger partial charge is 0.408 e. The van der Waals surface area contributed by atoms with Crippen LogP contribution < -0.4 is 21.7 Å². The highest BCUT2D eigenvalue weighted by atomic mass is 16.5. The molecule has 0 heterocycles. The molecule has 0 radical (unpaired) electrons. The van der Waals surface area contributed by atoms with Crippen LogP contribution in [-0.2, 0) is 32.1 Å². The maximum Gasteiger partial charge on any atom is 0.408 e. The number of aliphatic hydroxyl groups is 1. The van der Waals surface area contributed by atoms with Crippen molar-refractivity contribution in [3.63, 3.8) is 0 Å². The molecule has 10 nitrogen and oxygen atoms in total. The van der Waals surface area contributed by atoms with Gasteiger partial charge in [-0.3, -0.25) is 14.4 Å². The molecule has 0 spiro atoms. The Balaban J connectivity index is 1.82. The number of aliphatic hydroxyl groups excluding tert-OH is 1. The van der Waals surface area contributed by atoms with E-state index in [1.165, 1.54) is 0 Å². The highest BCUT2D eigenvalue weighted by Crippen LogP contribution is 2.32. The summed E-state index contributed by atoms with van der Waals surface area (Å²) in [5.74, 6) is -1.73. The van der Waals surface area contributed by atoms with Crippen molar-refractivity contribution in [2.24, 2.45) is 29.4 Å². The molecule has 1 aliphatic carbocycles. The first kappa shape index (κ1) is 39.7. The lowest BCUT2D eigenvalue weighted by molar-refractivity contribution is -0.136. The maximum absolute atomic E-state index is 14.4. The van der Waals surface area contributed by atoms with Gasteiger partial charge < -0.3 is 31.5 Å². The Bertz CT molecular complexity index is 1300. The largest absolute Gasteiger partial charge is 0.445 e. The number of alkyl carbamates (subject to hydrolysis) is 1. The van der Waals surface area contributed by atoms with E-state index in [0.29, 0.717) is 25.3 Å². The lowest BCUT2D eigenvalue weighted by Gasteiger charge is -2.34. The summed E-state index contributed by atoms with van der Waals surface area (Å²) in [6, 6.07) is 15.2. The number of benzene rings is 2. The molecule has 0 aliphatic heterocycles. The second-order valence-corrected chi connectivity index (χ2v) is 14.4. The van der Waals surface area contributed by atoms with Crippen LogP contribution in [0.5, 0.6) is 0 Å². The van der Waals surface area contributed by atoms with Gasteiger partial charge in [0.25, 0.3) is 0 Å². The lowest BCUT2D eigenvalue weighted by Crippen LogP contribution is -2.57. The van der Waals surface area contributed by atoms with Crippen molar-refractivity contribution < 1.29 is 29.0 Å². The molecular formula is C39H58N4O6. The monoisotopic (exact) mass is 678 g/mol. The zero-order valence-corrected chi connectivity index (χ0v) is 29.7. The molecule has 0 saturated heterocycles. The average Bonchev–Trinajstić information content (AvgIpc) is 3.09. The van der Waals surface area contributed by atoms with Crippen molar-refractivity contribution in [3.8, 4) is 0 Å². The Morgan fingerprint density at radius 3 is 2.02 bits per heavy atom. The van der Waals surface area contributed by atoms with E-state index in [1.807, 2.05) is 74.5 Å². The average molecular weight is 679 g/mol. The number of ketones is 1. The van der Waals surface area contributed by atoms with E-state index in [9.17, 15) is 24.3 Å². The van der Waals surface area contributed by atoms with Crippen LogP contribution >= 0.6 is 0 Å². The fourth-order valence-electron chi connectivity index (χ4n) is 6.43. The fourth-order valence-corrected chi connectivity index (χ4v) is 6.43. The van der Waals surface area contributed by atoms with Gasteiger partial charge in [0.2, 0.25) is 11.8 Å². The number of amides is 3. The fraction of sp³-hybridized carbons (Fsp3) is 0.590. The molecule has 5 atom stereocenters. The molecule has 49 heavy (non-hydrogen) atoms. The van der Waals surface area contributed by atoms with E-state index in [4.69, 9.17) is 10.5 Å². The predicted molar refractivity (Wildman–Crippen MR) is 191 cm³/mol. The Kier molecular flexibility index (Phi) is 16.7. The van der Waals surface area contributed by atoms with Gasteiger partial charge in [-0.05, 0) is 48.1 Å². The first-order valence-electron chi connectivity index (χ1n) is 18.0. The SMILES string of the molecule is CC(C)CCNC(=O)C(N)[C@@H](O)[C@H](CC1CCCCC1)C(=O)[C@H](CC(C)C)NC(=O)[C@H](Cc1ccccc1)NC(=O)OCc1ccccc1. The molecule has 0 aromatic heterocycles. The van der Waals surface area contributed by atoms with Crippen LogP contribution in [0.25, 0.3) is 0 Å². The molecule has 6 N–H and O–H groups in total. The molecule has 1 aliphatic rings. The standard InChI is InChI=1S/C39H58N4O6/c1-26(2)20-21-41-38(47)34(40)36(45)31(23-28-14-8-5-9-15-28)35(44)32(22-27(3)4)42-37(46)33(24-29-16-10-6-11-17-29)43-39(48)49-25-30-18-12-7-13-19-30/h6-7,10-13,16-19,26-28,31-34,36,45H,5,8-9,14-15,20-25,40H2,1-4H3,(H,41,47)(H,42,46)(H,43,48)/t31-,32+,33+,34?,36+/m1/s1. The van der Waals surface area contributed by atoms with Crippen molar-refractivity contribution in [2.75, 3.05) is 6.54 Å². The third-order valence-corrected chi connectivity index (χ3v) is 9.25. The molecule has 270 valence electrons. The summed E-state index contributed by atoms with van der Waals surface area (Å²) in [4.78, 5) is 54.3. The van der Waals surface area contributed by atoms with Crippen LogP contribution in [0.15, 0.2) is 60.7 Å². The number of carbonyl (C=O) groups excluding carboxylic acids is 4. The number of hydrogen-bond acceptors (Lipinski definition) is 7. The number of hydrogen-bond donors (Lipinski definition) is 5. The van der Waals surface area contributed by atoms with E-state index < -0.39 is 48.1 Å². The molecule has 2 aromatic rings. The summed E-state index contributed by atoms with van der Waals surface area (Å²) in [6.45, 7) is 8.47. The number of Topliss-reactive ketones (excluding diaryl/α,β-unsaturated/α-hetero) is 1. The molecule has 1 saturated carbocycles. The van der Waals surface area contributed by atoms with E-state index >= 15 is 0 Å². The van der Waals surface area contributed by atoms with Gasteiger partial charge in [-0.1, -0.05) is 120 Å². The molecule has 1 unspecified atom stereocenters. The summed E-state index contributed by atoms with van der Waals surface area (Å²) < 4.78 is 5.43. The molecule has 10 heteroatoms. The van der Waals surface area contributed by atoms with Crippen molar-refractivity contribution in [1.29, 1.82) is 0 Å².